The lowest BCUT2D eigenvalue weighted by Crippen LogP contribution is -2.18. The van der Waals surface area contributed by atoms with Crippen LogP contribution in [0.3, 0.4) is 0 Å². The Balaban J connectivity index is 2.71. The highest BCUT2D eigenvalue weighted by Gasteiger charge is 2.12. The smallest absolute Gasteiger partial charge is 0.289 e. The Morgan fingerprint density at radius 2 is 2.30 bits per heavy atom. The number of nitrogens with zero attached hydrogens (tertiary/aromatic N) is 2. The van der Waals surface area contributed by atoms with Crippen molar-refractivity contribution >= 4 is 5.69 Å². The summed E-state index contributed by atoms with van der Waals surface area (Å²) in [5.41, 5.74) is 5.71. The SMILES string of the molecule is Nc1cn2n(c1=O)CCC2. The van der Waals surface area contributed by atoms with Crippen molar-refractivity contribution in [2.75, 3.05) is 5.73 Å². The van der Waals surface area contributed by atoms with Crippen molar-refractivity contribution in [1.29, 1.82) is 0 Å². The monoisotopic (exact) mass is 139 g/mol. The Hall–Kier alpha value is -1.19. The molecule has 1 aliphatic rings. The first kappa shape index (κ1) is 5.58. The maximum atomic E-state index is 11.1. The van der Waals surface area contributed by atoms with Crippen molar-refractivity contribution in [3.8, 4) is 0 Å². The van der Waals surface area contributed by atoms with Crippen LogP contribution in [0.4, 0.5) is 5.69 Å². The van der Waals surface area contributed by atoms with Crippen molar-refractivity contribution in [3.63, 3.8) is 0 Å². The van der Waals surface area contributed by atoms with Crippen LogP contribution in [0.1, 0.15) is 6.42 Å². The molecular weight excluding hydrogens is 130 g/mol. The van der Waals surface area contributed by atoms with E-state index in [1.54, 1.807) is 10.9 Å². The Morgan fingerprint density at radius 1 is 1.50 bits per heavy atom. The predicted octanol–water partition coefficient (Wildman–Crippen LogP) is -0.364. The van der Waals surface area contributed by atoms with Crippen LogP contribution in [-0.4, -0.2) is 9.36 Å². The molecule has 0 amide bonds. The van der Waals surface area contributed by atoms with E-state index < -0.39 is 0 Å². The van der Waals surface area contributed by atoms with Gasteiger partial charge in [0.15, 0.2) is 0 Å². The van der Waals surface area contributed by atoms with E-state index in [-0.39, 0.29) is 5.56 Å². The summed E-state index contributed by atoms with van der Waals surface area (Å²) in [5.74, 6) is 0. The normalized spacial score (nSPS) is 15.6. The maximum Gasteiger partial charge on any atom is 0.289 e. The molecule has 0 fully saturated rings. The van der Waals surface area contributed by atoms with E-state index in [4.69, 9.17) is 5.73 Å². The van der Waals surface area contributed by atoms with Crippen LogP contribution in [0.2, 0.25) is 0 Å². The second-order valence-corrected chi connectivity index (χ2v) is 2.53. The third-order valence-electron chi connectivity index (χ3n) is 1.84. The number of aromatic nitrogens is 2. The van der Waals surface area contributed by atoms with Gasteiger partial charge in [0.05, 0.1) is 6.20 Å². The van der Waals surface area contributed by atoms with E-state index in [1.807, 2.05) is 4.68 Å². The molecule has 0 aliphatic carbocycles. The zero-order chi connectivity index (χ0) is 7.14. The minimum Gasteiger partial charge on any atom is -0.393 e. The summed E-state index contributed by atoms with van der Waals surface area (Å²) in [7, 11) is 0. The van der Waals surface area contributed by atoms with Crippen molar-refractivity contribution < 1.29 is 0 Å². The quantitative estimate of drug-likeness (QED) is 0.533. The van der Waals surface area contributed by atoms with Gasteiger partial charge in [-0.15, -0.1) is 0 Å². The molecular formula is C6H9N3O. The first-order valence-electron chi connectivity index (χ1n) is 3.35. The second kappa shape index (κ2) is 1.65. The molecule has 0 saturated carbocycles. The fraction of sp³-hybridized carbons (Fsp3) is 0.500. The highest BCUT2D eigenvalue weighted by Crippen LogP contribution is 2.05. The molecule has 0 aromatic carbocycles. The molecule has 0 saturated heterocycles. The summed E-state index contributed by atoms with van der Waals surface area (Å²) < 4.78 is 3.55. The zero-order valence-corrected chi connectivity index (χ0v) is 5.58. The van der Waals surface area contributed by atoms with E-state index >= 15 is 0 Å². The average Bonchev–Trinajstić information content (AvgIpc) is 2.41. The zero-order valence-electron chi connectivity index (χ0n) is 5.58. The van der Waals surface area contributed by atoms with Gasteiger partial charge in [-0.3, -0.25) is 9.48 Å². The van der Waals surface area contributed by atoms with Gasteiger partial charge >= 0.3 is 0 Å². The largest absolute Gasteiger partial charge is 0.393 e. The molecule has 1 aliphatic heterocycles. The number of anilines is 1. The van der Waals surface area contributed by atoms with Gasteiger partial charge in [-0.2, -0.15) is 0 Å². The van der Waals surface area contributed by atoms with E-state index in [9.17, 15) is 4.79 Å². The number of aryl methyl sites for hydroxylation is 1. The average molecular weight is 139 g/mol. The summed E-state index contributed by atoms with van der Waals surface area (Å²) in [5, 5.41) is 0. The Labute approximate surface area is 57.8 Å². The van der Waals surface area contributed by atoms with Gasteiger partial charge in [-0.1, -0.05) is 0 Å². The summed E-state index contributed by atoms with van der Waals surface area (Å²) in [6.07, 6.45) is 2.75. The first-order valence-corrected chi connectivity index (χ1v) is 3.35. The molecule has 2 N–H and O–H groups in total. The Kier molecular flexibility index (Phi) is 0.922. The standard InChI is InChI=1S/C6H9N3O/c7-5-4-8-2-1-3-9(8)6(5)10/h4H,1-3,7H2. The topological polar surface area (TPSA) is 52.9 Å². The van der Waals surface area contributed by atoms with Gasteiger partial charge in [0.1, 0.15) is 5.69 Å². The molecule has 54 valence electrons. The fourth-order valence-electron chi connectivity index (χ4n) is 1.35. The molecule has 2 heterocycles. The van der Waals surface area contributed by atoms with E-state index in [0.717, 1.165) is 19.5 Å². The summed E-state index contributed by atoms with van der Waals surface area (Å²) in [4.78, 5) is 11.1. The first-order chi connectivity index (χ1) is 4.79. The van der Waals surface area contributed by atoms with Crippen LogP contribution in [-0.2, 0) is 13.1 Å². The van der Waals surface area contributed by atoms with Gasteiger partial charge in [0.2, 0.25) is 0 Å². The number of fused-ring (bicyclic) bond motifs is 1. The lowest BCUT2D eigenvalue weighted by atomic mass is 10.4. The molecule has 10 heavy (non-hydrogen) atoms. The minimum atomic E-state index is -0.0440. The highest BCUT2D eigenvalue weighted by molar-refractivity contribution is 5.31. The number of hydrogen-bond donors (Lipinski definition) is 1. The molecule has 4 heteroatoms. The molecule has 0 unspecified atom stereocenters. The van der Waals surface area contributed by atoms with Crippen LogP contribution in [0.15, 0.2) is 11.0 Å². The fourth-order valence-corrected chi connectivity index (χ4v) is 1.35. The van der Waals surface area contributed by atoms with Gasteiger partial charge < -0.3 is 5.73 Å². The number of rotatable bonds is 0. The number of nitrogen functional groups attached to an aromatic ring is 1. The summed E-state index contributed by atoms with van der Waals surface area (Å²) in [6, 6.07) is 0. The van der Waals surface area contributed by atoms with Gasteiger partial charge in [0, 0.05) is 13.1 Å². The van der Waals surface area contributed by atoms with Crippen molar-refractivity contribution in [2.24, 2.45) is 0 Å². The maximum absolute atomic E-state index is 11.1. The van der Waals surface area contributed by atoms with E-state index in [0.29, 0.717) is 5.69 Å². The van der Waals surface area contributed by atoms with Crippen LogP contribution in [0, 0.1) is 0 Å². The molecule has 0 bridgehead atoms. The summed E-state index contributed by atoms with van der Waals surface area (Å²) in [6.45, 7) is 1.74. The minimum absolute atomic E-state index is 0.0440. The van der Waals surface area contributed by atoms with Crippen molar-refractivity contribution in [2.45, 2.75) is 19.5 Å². The lowest BCUT2D eigenvalue weighted by Gasteiger charge is -1.93. The number of hydrogen-bond acceptors (Lipinski definition) is 2. The Morgan fingerprint density at radius 3 is 3.00 bits per heavy atom. The highest BCUT2D eigenvalue weighted by atomic mass is 16.1. The molecule has 2 rings (SSSR count). The second-order valence-electron chi connectivity index (χ2n) is 2.53. The van der Waals surface area contributed by atoms with Crippen LogP contribution in [0.5, 0.6) is 0 Å². The predicted molar refractivity (Wildman–Crippen MR) is 37.7 cm³/mol. The molecule has 1 aromatic heterocycles. The molecule has 0 radical (unpaired) electrons. The van der Waals surface area contributed by atoms with Crippen molar-refractivity contribution in [1.82, 2.24) is 9.36 Å². The van der Waals surface area contributed by atoms with Crippen LogP contribution >= 0.6 is 0 Å². The Bertz CT molecular complexity index is 309. The third kappa shape index (κ3) is 0.531. The summed E-state index contributed by atoms with van der Waals surface area (Å²) >= 11 is 0. The molecule has 4 nitrogen and oxygen atoms in total. The van der Waals surface area contributed by atoms with Gasteiger partial charge in [-0.05, 0) is 6.42 Å². The van der Waals surface area contributed by atoms with E-state index in [2.05, 4.69) is 0 Å². The third-order valence-corrected chi connectivity index (χ3v) is 1.84. The van der Waals surface area contributed by atoms with Crippen LogP contribution in [0.25, 0.3) is 0 Å². The van der Waals surface area contributed by atoms with Gasteiger partial charge in [-0.25, -0.2) is 4.68 Å². The van der Waals surface area contributed by atoms with Crippen LogP contribution < -0.4 is 11.3 Å². The van der Waals surface area contributed by atoms with Crippen molar-refractivity contribution in [3.05, 3.63) is 16.6 Å². The lowest BCUT2D eigenvalue weighted by molar-refractivity contribution is 0.594. The van der Waals surface area contributed by atoms with E-state index in [1.165, 1.54) is 0 Å². The van der Waals surface area contributed by atoms with Gasteiger partial charge in [0.25, 0.3) is 5.56 Å². The molecule has 0 atom stereocenters. The molecule has 0 spiro atoms. The molecule has 1 aromatic rings. The number of nitrogens with two attached hydrogens (primary N) is 1.